The summed E-state index contributed by atoms with van der Waals surface area (Å²) in [5, 5.41) is 9.75. The molecule has 3 fully saturated rings. The summed E-state index contributed by atoms with van der Waals surface area (Å²) in [5.41, 5.74) is 5.07. The zero-order valence-electron chi connectivity index (χ0n) is 32.6. The lowest BCUT2D eigenvalue weighted by atomic mass is 10.0. The van der Waals surface area contributed by atoms with Gasteiger partial charge in [0, 0.05) is 95.0 Å². The van der Waals surface area contributed by atoms with Crippen molar-refractivity contribution in [2.75, 3.05) is 82.3 Å². The predicted molar refractivity (Wildman–Crippen MR) is 216 cm³/mol. The van der Waals surface area contributed by atoms with Crippen LogP contribution in [0.4, 0.5) is 11.5 Å². The Balaban J connectivity index is 0.876. The number of anilines is 2. The third kappa shape index (κ3) is 10.0. The maximum absolute atomic E-state index is 13.3. The number of likely N-dealkylation sites (tertiary alicyclic amines) is 1. The molecule has 3 aliphatic heterocycles. The third-order valence-electron chi connectivity index (χ3n) is 10.7. The van der Waals surface area contributed by atoms with Crippen LogP contribution in [-0.4, -0.2) is 142 Å². The molecule has 3 aliphatic rings. The maximum Gasteiger partial charge on any atom is 0.274 e. The SMILES string of the molecule is C=C(CN1CCN(C(=O)[C@H](C)NC(C)=O)CC1)C(=O)N[C@@H]1CCCN(Cc2ccnc(C(=O)Nc3ccc(-c4cc5c(N6CCOCC6)ncnc5[nH]4)cc3)c2)C1. The summed E-state index contributed by atoms with van der Waals surface area (Å²) in [5.74, 6) is 0.0968. The van der Waals surface area contributed by atoms with Crippen molar-refractivity contribution in [1.29, 1.82) is 0 Å². The Morgan fingerprint density at radius 2 is 1.72 bits per heavy atom. The summed E-state index contributed by atoms with van der Waals surface area (Å²) in [6.45, 7) is 15.0. The van der Waals surface area contributed by atoms with Crippen LogP contribution in [0, 0.1) is 0 Å². The molecule has 300 valence electrons. The second-order valence-corrected chi connectivity index (χ2v) is 15.0. The molecule has 0 spiro atoms. The molecule has 3 aromatic heterocycles. The highest BCUT2D eigenvalue weighted by Crippen LogP contribution is 2.30. The molecule has 2 atom stereocenters. The van der Waals surface area contributed by atoms with Crippen molar-refractivity contribution < 1.29 is 23.9 Å². The smallest absolute Gasteiger partial charge is 0.274 e. The van der Waals surface area contributed by atoms with Gasteiger partial charge in [-0.2, -0.15) is 0 Å². The number of hydrogen-bond donors (Lipinski definition) is 4. The van der Waals surface area contributed by atoms with Crippen LogP contribution in [0.2, 0.25) is 0 Å². The zero-order valence-corrected chi connectivity index (χ0v) is 32.6. The van der Waals surface area contributed by atoms with Crippen LogP contribution in [0.3, 0.4) is 0 Å². The molecule has 0 aliphatic carbocycles. The van der Waals surface area contributed by atoms with E-state index >= 15 is 0 Å². The standard InChI is InChI=1S/C41H51N11O5/c1-27(23-49-13-15-52(16-14-49)41(56)28(2)45-29(3)53)39(54)47-33-5-4-12-50(25-33)24-30-10-11-42-36(21-30)40(55)46-32-8-6-31(7-9-32)35-22-34-37(48-35)43-26-44-38(34)51-17-19-57-20-18-51/h6-11,21-22,26,28,33H,1,4-5,12-20,23-25H2,2-3H3,(H,45,53)(H,46,55)(H,47,54)(H,43,44,48)/t28-,33+/m0/s1. The van der Waals surface area contributed by atoms with Gasteiger partial charge in [0.15, 0.2) is 0 Å². The summed E-state index contributed by atoms with van der Waals surface area (Å²) < 4.78 is 5.51. The summed E-state index contributed by atoms with van der Waals surface area (Å²) in [4.78, 5) is 75.5. The molecule has 0 radical (unpaired) electrons. The molecule has 16 nitrogen and oxygen atoms in total. The molecule has 57 heavy (non-hydrogen) atoms. The topological polar surface area (TPSA) is 181 Å². The van der Waals surface area contributed by atoms with Crippen molar-refractivity contribution in [2.24, 2.45) is 0 Å². The monoisotopic (exact) mass is 777 g/mol. The minimum absolute atomic E-state index is 0.0237. The lowest BCUT2D eigenvalue weighted by Crippen LogP contribution is -2.54. The molecule has 7 rings (SSSR count). The molecule has 4 N–H and O–H groups in total. The average molecular weight is 778 g/mol. The first-order valence-electron chi connectivity index (χ1n) is 19.6. The normalized spacial score (nSPS) is 18.5. The molecular formula is C41H51N11O5. The van der Waals surface area contributed by atoms with E-state index in [0.29, 0.717) is 76.0 Å². The van der Waals surface area contributed by atoms with Gasteiger partial charge in [-0.05, 0) is 67.8 Å². The van der Waals surface area contributed by atoms with Gasteiger partial charge < -0.3 is 35.5 Å². The largest absolute Gasteiger partial charge is 0.378 e. The second kappa shape index (κ2) is 18.0. The van der Waals surface area contributed by atoms with E-state index < -0.39 is 6.04 Å². The lowest BCUT2D eigenvalue weighted by Gasteiger charge is -2.36. The van der Waals surface area contributed by atoms with Gasteiger partial charge in [-0.15, -0.1) is 0 Å². The van der Waals surface area contributed by atoms with Crippen LogP contribution in [0.25, 0.3) is 22.3 Å². The van der Waals surface area contributed by atoms with E-state index in [1.807, 2.05) is 36.4 Å². The molecule has 4 aromatic rings. The Morgan fingerprint density at radius 1 is 0.947 bits per heavy atom. The van der Waals surface area contributed by atoms with Crippen LogP contribution < -0.4 is 20.9 Å². The number of aromatic nitrogens is 4. The quantitative estimate of drug-likeness (QED) is 0.155. The Bertz CT molecular complexity index is 2090. The Kier molecular flexibility index (Phi) is 12.5. The van der Waals surface area contributed by atoms with E-state index in [0.717, 1.165) is 66.1 Å². The lowest BCUT2D eigenvalue weighted by molar-refractivity contribution is -0.137. The number of ether oxygens (including phenoxy) is 1. The van der Waals surface area contributed by atoms with Gasteiger partial charge in [0.05, 0.1) is 18.6 Å². The van der Waals surface area contributed by atoms with Gasteiger partial charge in [-0.1, -0.05) is 18.7 Å². The van der Waals surface area contributed by atoms with Crippen molar-refractivity contribution in [3.8, 4) is 11.3 Å². The minimum atomic E-state index is -0.565. The number of carbonyl (C=O) groups excluding carboxylic acids is 4. The van der Waals surface area contributed by atoms with Crippen molar-refractivity contribution >= 4 is 46.2 Å². The van der Waals surface area contributed by atoms with Crippen LogP contribution in [0.15, 0.2) is 67.1 Å². The number of nitrogens with one attached hydrogen (secondary N) is 4. The van der Waals surface area contributed by atoms with E-state index in [9.17, 15) is 19.2 Å². The van der Waals surface area contributed by atoms with Gasteiger partial charge in [0.2, 0.25) is 17.7 Å². The molecule has 3 saturated heterocycles. The summed E-state index contributed by atoms with van der Waals surface area (Å²) >= 11 is 0. The first-order valence-corrected chi connectivity index (χ1v) is 19.6. The van der Waals surface area contributed by atoms with E-state index in [-0.39, 0.29) is 29.7 Å². The first-order chi connectivity index (χ1) is 27.6. The molecule has 6 heterocycles. The number of fused-ring (bicyclic) bond motifs is 1. The average Bonchev–Trinajstić information content (AvgIpc) is 3.66. The number of piperidine rings is 1. The van der Waals surface area contributed by atoms with Crippen molar-refractivity contribution in [3.05, 3.63) is 78.4 Å². The fourth-order valence-electron chi connectivity index (χ4n) is 7.71. The van der Waals surface area contributed by atoms with Gasteiger partial charge in [-0.25, -0.2) is 9.97 Å². The Morgan fingerprint density at radius 3 is 2.47 bits per heavy atom. The number of rotatable bonds is 12. The van der Waals surface area contributed by atoms with Crippen LogP contribution in [-0.2, 0) is 25.7 Å². The minimum Gasteiger partial charge on any atom is -0.378 e. The summed E-state index contributed by atoms with van der Waals surface area (Å²) in [6, 6.07) is 12.9. The molecule has 4 amide bonds. The summed E-state index contributed by atoms with van der Waals surface area (Å²) in [7, 11) is 0. The molecule has 0 bridgehead atoms. The highest BCUT2D eigenvalue weighted by Gasteiger charge is 2.28. The van der Waals surface area contributed by atoms with Gasteiger partial charge in [-0.3, -0.25) is 34.0 Å². The van der Waals surface area contributed by atoms with E-state index in [4.69, 9.17) is 4.74 Å². The third-order valence-corrected chi connectivity index (χ3v) is 10.7. The van der Waals surface area contributed by atoms with Crippen molar-refractivity contribution in [2.45, 2.75) is 45.3 Å². The summed E-state index contributed by atoms with van der Waals surface area (Å²) in [6.07, 6.45) is 5.04. The van der Waals surface area contributed by atoms with Crippen LogP contribution >= 0.6 is 0 Å². The van der Waals surface area contributed by atoms with Crippen LogP contribution in [0.1, 0.15) is 42.7 Å². The van der Waals surface area contributed by atoms with Gasteiger partial charge >= 0.3 is 0 Å². The van der Waals surface area contributed by atoms with Crippen LogP contribution in [0.5, 0.6) is 0 Å². The number of amides is 4. The number of benzene rings is 1. The zero-order chi connectivity index (χ0) is 39.9. The first kappa shape index (κ1) is 39.5. The van der Waals surface area contributed by atoms with Crippen molar-refractivity contribution in [1.82, 2.24) is 45.3 Å². The van der Waals surface area contributed by atoms with Crippen molar-refractivity contribution in [3.63, 3.8) is 0 Å². The number of pyridine rings is 1. The number of piperazine rings is 1. The highest BCUT2D eigenvalue weighted by molar-refractivity contribution is 6.03. The molecular weight excluding hydrogens is 727 g/mol. The Labute approximate surface area is 332 Å². The molecule has 16 heteroatoms. The molecule has 0 unspecified atom stereocenters. The number of morpholine rings is 1. The fraction of sp³-hybridized carbons (Fsp3) is 0.439. The van der Waals surface area contributed by atoms with Gasteiger partial charge in [0.25, 0.3) is 5.91 Å². The molecule has 0 saturated carbocycles. The Hall–Kier alpha value is -5.71. The number of hydrogen-bond acceptors (Lipinski definition) is 11. The number of carbonyl (C=O) groups is 4. The van der Waals surface area contributed by atoms with Gasteiger partial charge in [0.1, 0.15) is 29.5 Å². The van der Waals surface area contributed by atoms with E-state index in [2.05, 4.69) is 63.2 Å². The maximum atomic E-state index is 13.3. The van der Waals surface area contributed by atoms with E-state index in [1.165, 1.54) is 6.92 Å². The predicted octanol–water partition coefficient (Wildman–Crippen LogP) is 2.41. The van der Waals surface area contributed by atoms with E-state index in [1.54, 1.807) is 24.3 Å². The number of aromatic amines is 1. The highest BCUT2D eigenvalue weighted by atomic mass is 16.5. The number of nitrogens with zero attached hydrogens (tertiary/aromatic N) is 7. The number of H-pyrrole nitrogens is 1. The molecule has 1 aromatic carbocycles. The second-order valence-electron chi connectivity index (χ2n) is 15.0. The fourth-order valence-corrected chi connectivity index (χ4v) is 7.71.